The largest absolute Gasteiger partial charge is 0.290 e. The topological polar surface area (TPSA) is 34.1 Å². The zero-order chi connectivity index (χ0) is 7.28. The van der Waals surface area contributed by atoms with Crippen molar-refractivity contribution in [2.45, 2.75) is 0 Å². The standard InChI is InChI=1S/C2Cl2O2S3/c3-1(5)7-9-8-2(4)6. The third-order valence-corrected chi connectivity index (χ3v) is 4.15. The molecule has 0 aliphatic carbocycles. The molecule has 0 radical (unpaired) electrons. The molecular formula is C2Cl2O2S3. The van der Waals surface area contributed by atoms with Crippen molar-refractivity contribution in [2.75, 3.05) is 0 Å². The molecule has 0 aliphatic rings. The van der Waals surface area contributed by atoms with Crippen LogP contribution in [-0.4, -0.2) is 9.15 Å². The fraction of sp³-hybridized carbons (Fsp3) is 0. The molecule has 0 N–H and O–H groups in total. The van der Waals surface area contributed by atoms with E-state index in [4.69, 9.17) is 23.2 Å². The SMILES string of the molecule is O=C(Cl)SSSC(=O)Cl. The second-order valence-corrected chi connectivity index (χ2v) is 5.69. The van der Waals surface area contributed by atoms with Crippen molar-refractivity contribution in [1.29, 1.82) is 0 Å². The fourth-order valence-corrected chi connectivity index (χ4v) is 3.29. The van der Waals surface area contributed by atoms with E-state index in [9.17, 15) is 9.59 Å². The van der Waals surface area contributed by atoms with Gasteiger partial charge in [0, 0.05) is 21.6 Å². The van der Waals surface area contributed by atoms with E-state index in [2.05, 4.69) is 0 Å². The molecule has 0 saturated heterocycles. The maximum Gasteiger partial charge on any atom is 0.290 e. The number of hydrogen-bond donors (Lipinski definition) is 0. The van der Waals surface area contributed by atoms with Crippen molar-refractivity contribution in [2.24, 2.45) is 0 Å². The number of hydrogen-bond acceptors (Lipinski definition) is 5. The van der Waals surface area contributed by atoms with Crippen molar-refractivity contribution in [3.05, 3.63) is 0 Å². The van der Waals surface area contributed by atoms with Gasteiger partial charge < -0.3 is 0 Å². The third kappa shape index (κ3) is 8.97. The highest BCUT2D eigenvalue weighted by atomic mass is 35.5. The zero-order valence-electron chi connectivity index (χ0n) is 3.80. The van der Waals surface area contributed by atoms with Crippen LogP contribution < -0.4 is 0 Å². The van der Waals surface area contributed by atoms with Gasteiger partial charge in [-0.25, -0.2) is 0 Å². The minimum atomic E-state index is -0.564. The number of rotatable bonds is 2. The number of carbonyl (C=O) groups is 2. The highest BCUT2D eigenvalue weighted by Gasteiger charge is 2.01. The van der Waals surface area contributed by atoms with Gasteiger partial charge in [0.1, 0.15) is 0 Å². The Morgan fingerprint density at radius 3 is 1.56 bits per heavy atom. The van der Waals surface area contributed by atoms with E-state index < -0.39 is 9.15 Å². The van der Waals surface area contributed by atoms with Crippen molar-refractivity contribution >= 4 is 63.8 Å². The van der Waals surface area contributed by atoms with Gasteiger partial charge in [0.2, 0.25) is 0 Å². The highest BCUT2D eigenvalue weighted by molar-refractivity contribution is 9.15. The molecule has 2 nitrogen and oxygen atoms in total. The minimum Gasteiger partial charge on any atom is -0.267 e. The predicted molar refractivity (Wildman–Crippen MR) is 45.3 cm³/mol. The summed E-state index contributed by atoms with van der Waals surface area (Å²) in [5.74, 6) is 0. The Labute approximate surface area is 73.2 Å². The lowest BCUT2D eigenvalue weighted by molar-refractivity contribution is 0.275. The van der Waals surface area contributed by atoms with Crippen LogP contribution >= 0.6 is 54.6 Å². The molecule has 0 unspecified atom stereocenters. The summed E-state index contributed by atoms with van der Waals surface area (Å²) in [4.78, 5) is 19.9. The molecular weight excluding hydrogens is 223 g/mol. The first-order chi connectivity index (χ1) is 4.13. The average Bonchev–Trinajstić information content (AvgIpc) is 1.63. The number of halogens is 2. The van der Waals surface area contributed by atoms with Crippen molar-refractivity contribution in [1.82, 2.24) is 0 Å². The lowest BCUT2D eigenvalue weighted by Crippen LogP contribution is -1.64. The van der Waals surface area contributed by atoms with Crippen LogP contribution in [0.15, 0.2) is 0 Å². The maximum absolute atomic E-state index is 9.97. The minimum absolute atomic E-state index is 0.564. The van der Waals surface area contributed by atoms with E-state index in [0.29, 0.717) is 0 Å². The molecule has 0 bridgehead atoms. The van der Waals surface area contributed by atoms with Crippen LogP contribution in [0.25, 0.3) is 0 Å². The molecule has 0 rings (SSSR count). The molecule has 0 fully saturated rings. The van der Waals surface area contributed by atoms with E-state index >= 15 is 0 Å². The van der Waals surface area contributed by atoms with E-state index in [0.717, 1.165) is 31.4 Å². The Hall–Kier alpha value is 0.970. The van der Waals surface area contributed by atoms with Crippen LogP contribution in [0.4, 0.5) is 9.59 Å². The summed E-state index contributed by atoms with van der Waals surface area (Å²) in [5.41, 5.74) is 0. The van der Waals surface area contributed by atoms with E-state index in [1.165, 1.54) is 0 Å². The van der Waals surface area contributed by atoms with Crippen LogP contribution in [0.2, 0.25) is 0 Å². The molecule has 0 spiro atoms. The van der Waals surface area contributed by atoms with Crippen LogP contribution in [0.3, 0.4) is 0 Å². The highest BCUT2D eigenvalue weighted by Crippen LogP contribution is 2.37. The van der Waals surface area contributed by atoms with Gasteiger partial charge in [-0.2, -0.15) is 0 Å². The van der Waals surface area contributed by atoms with E-state index in [1.54, 1.807) is 0 Å². The van der Waals surface area contributed by atoms with Gasteiger partial charge in [0.15, 0.2) is 0 Å². The summed E-state index contributed by atoms with van der Waals surface area (Å²) in [6.45, 7) is 0. The second kappa shape index (κ2) is 5.73. The van der Waals surface area contributed by atoms with Crippen LogP contribution in [-0.2, 0) is 0 Å². The lowest BCUT2D eigenvalue weighted by Gasteiger charge is -1.85. The van der Waals surface area contributed by atoms with Gasteiger partial charge in [0.05, 0.1) is 0 Å². The Morgan fingerprint density at radius 2 is 1.33 bits per heavy atom. The predicted octanol–water partition coefficient (Wildman–Crippen LogP) is 3.73. The monoisotopic (exact) mass is 222 g/mol. The molecule has 0 aromatic heterocycles. The van der Waals surface area contributed by atoms with E-state index in [1.807, 2.05) is 0 Å². The van der Waals surface area contributed by atoms with Gasteiger partial charge >= 0.3 is 0 Å². The quantitative estimate of drug-likeness (QED) is 0.526. The summed E-state index contributed by atoms with van der Waals surface area (Å²) in [5, 5.41) is 0. The van der Waals surface area contributed by atoms with Crippen molar-refractivity contribution in [3.63, 3.8) is 0 Å². The smallest absolute Gasteiger partial charge is 0.267 e. The summed E-state index contributed by atoms with van der Waals surface area (Å²) in [6, 6.07) is 0. The van der Waals surface area contributed by atoms with Crippen LogP contribution in [0, 0.1) is 0 Å². The molecule has 0 aliphatic heterocycles. The maximum atomic E-state index is 9.97. The molecule has 9 heavy (non-hydrogen) atoms. The molecule has 52 valence electrons. The van der Waals surface area contributed by atoms with Crippen molar-refractivity contribution in [3.8, 4) is 0 Å². The van der Waals surface area contributed by atoms with Crippen LogP contribution in [0.1, 0.15) is 0 Å². The molecule has 0 amide bonds. The third-order valence-electron chi connectivity index (χ3n) is 0.199. The van der Waals surface area contributed by atoms with Gasteiger partial charge in [0.25, 0.3) is 9.15 Å². The average molecular weight is 223 g/mol. The Kier molecular flexibility index (Phi) is 6.35. The van der Waals surface area contributed by atoms with Crippen molar-refractivity contribution < 1.29 is 9.59 Å². The molecule has 0 heterocycles. The molecule has 0 aromatic carbocycles. The summed E-state index contributed by atoms with van der Waals surface area (Å²) >= 11 is 9.79. The van der Waals surface area contributed by atoms with Gasteiger partial charge in [-0.3, -0.25) is 9.59 Å². The Bertz CT molecular complexity index is 113. The Morgan fingerprint density at radius 1 is 1.00 bits per heavy atom. The molecule has 0 aromatic rings. The fourth-order valence-electron chi connectivity index (χ4n) is 0.0705. The first-order valence-electron chi connectivity index (χ1n) is 1.53. The lowest BCUT2D eigenvalue weighted by atomic mass is 11.8. The molecule has 0 saturated carbocycles. The first-order valence-corrected chi connectivity index (χ1v) is 5.77. The van der Waals surface area contributed by atoms with Gasteiger partial charge in [-0.15, -0.1) is 0 Å². The summed E-state index contributed by atoms with van der Waals surface area (Å²) in [6.07, 6.45) is 0. The second-order valence-electron chi connectivity index (χ2n) is 0.710. The normalized spacial score (nSPS) is 9.11. The molecule has 0 atom stereocenters. The van der Waals surface area contributed by atoms with Gasteiger partial charge in [-0.05, 0) is 33.0 Å². The number of carbonyl (C=O) groups excluding carboxylic acids is 2. The van der Waals surface area contributed by atoms with Crippen LogP contribution in [0.5, 0.6) is 0 Å². The van der Waals surface area contributed by atoms with Gasteiger partial charge in [-0.1, -0.05) is 0 Å². The first kappa shape index (κ1) is 9.97. The summed E-state index contributed by atoms with van der Waals surface area (Å²) in [7, 11) is 2.46. The molecule has 7 heteroatoms. The zero-order valence-corrected chi connectivity index (χ0v) is 7.76. The van der Waals surface area contributed by atoms with E-state index in [-0.39, 0.29) is 0 Å². The Balaban J connectivity index is 3.10. The summed E-state index contributed by atoms with van der Waals surface area (Å²) < 4.78 is -1.13.